The van der Waals surface area contributed by atoms with E-state index in [2.05, 4.69) is 10.1 Å². The van der Waals surface area contributed by atoms with Gasteiger partial charge < -0.3 is 4.52 Å². The van der Waals surface area contributed by atoms with Gasteiger partial charge in [0.25, 0.3) is 0 Å². The summed E-state index contributed by atoms with van der Waals surface area (Å²) in [6, 6.07) is 3.72. The van der Waals surface area contributed by atoms with Crippen molar-refractivity contribution in [3.8, 4) is 0 Å². The molecule has 1 aromatic carbocycles. The molecule has 2 aromatic rings. The Morgan fingerprint density at radius 3 is 2.52 bits per heavy atom. The number of hydrogen-bond donors (Lipinski definition) is 0. The van der Waals surface area contributed by atoms with E-state index >= 15 is 0 Å². The Balaban J connectivity index is 1.75. The van der Waals surface area contributed by atoms with Gasteiger partial charge >= 0.3 is 6.18 Å². The molecule has 1 saturated heterocycles. The largest absolute Gasteiger partial charge is 0.416 e. The normalized spacial score (nSPS) is 17.0. The van der Waals surface area contributed by atoms with Crippen LogP contribution in [-0.2, 0) is 16.2 Å². The summed E-state index contributed by atoms with van der Waals surface area (Å²) in [4.78, 5) is 3.84. The summed E-state index contributed by atoms with van der Waals surface area (Å²) in [6.07, 6.45) is -4.60. The van der Waals surface area contributed by atoms with Gasteiger partial charge in [0.05, 0.1) is 16.4 Å². The maximum Gasteiger partial charge on any atom is 0.416 e. The first-order valence-corrected chi connectivity index (χ1v) is 9.04. The molecule has 3 rings (SSSR count). The molecule has 1 aliphatic rings. The highest BCUT2D eigenvalue weighted by Gasteiger charge is 2.41. The molecular weight excluding hydrogens is 359 g/mol. The molecule has 25 heavy (non-hydrogen) atoms. The van der Waals surface area contributed by atoms with Crippen molar-refractivity contribution in [2.75, 3.05) is 13.1 Å². The highest BCUT2D eigenvalue weighted by molar-refractivity contribution is 7.89. The molecule has 0 N–H and O–H groups in total. The van der Waals surface area contributed by atoms with Crippen LogP contribution in [0.2, 0.25) is 0 Å². The number of aromatic nitrogens is 2. The van der Waals surface area contributed by atoms with Crippen molar-refractivity contribution in [1.29, 1.82) is 0 Å². The van der Waals surface area contributed by atoms with Crippen LogP contribution < -0.4 is 0 Å². The van der Waals surface area contributed by atoms with Gasteiger partial charge in [-0.05, 0) is 18.2 Å². The summed E-state index contributed by atoms with van der Waals surface area (Å²) < 4.78 is 69.5. The third-order valence-corrected chi connectivity index (χ3v) is 5.80. The molecule has 0 bridgehead atoms. The van der Waals surface area contributed by atoms with E-state index in [1.165, 1.54) is 0 Å². The maximum absolute atomic E-state index is 12.8. The van der Waals surface area contributed by atoms with Crippen molar-refractivity contribution in [3.63, 3.8) is 0 Å². The predicted molar refractivity (Wildman–Crippen MR) is 81.3 cm³/mol. The Kier molecular flexibility index (Phi) is 4.36. The van der Waals surface area contributed by atoms with Gasteiger partial charge in [0.1, 0.15) is 0 Å². The van der Waals surface area contributed by atoms with Crippen molar-refractivity contribution >= 4 is 10.0 Å². The van der Waals surface area contributed by atoms with Crippen LogP contribution >= 0.6 is 0 Å². The van der Waals surface area contributed by atoms with Crippen LogP contribution in [0.15, 0.2) is 33.7 Å². The van der Waals surface area contributed by atoms with Gasteiger partial charge in [-0.2, -0.15) is 22.5 Å². The molecule has 10 heteroatoms. The van der Waals surface area contributed by atoms with Gasteiger partial charge in [0.15, 0.2) is 5.82 Å². The van der Waals surface area contributed by atoms with Gasteiger partial charge in [0.2, 0.25) is 15.9 Å². The van der Waals surface area contributed by atoms with Crippen LogP contribution in [0.3, 0.4) is 0 Å². The molecule has 1 fully saturated rings. The molecule has 0 saturated carbocycles. The Morgan fingerprint density at radius 2 is 1.96 bits per heavy atom. The lowest BCUT2D eigenvalue weighted by Gasteiger charge is -2.35. The molecule has 1 aromatic heterocycles. The van der Waals surface area contributed by atoms with Crippen molar-refractivity contribution in [3.05, 3.63) is 41.5 Å². The topological polar surface area (TPSA) is 76.3 Å². The van der Waals surface area contributed by atoms with Crippen molar-refractivity contribution in [2.45, 2.75) is 36.8 Å². The van der Waals surface area contributed by atoms with Crippen molar-refractivity contribution in [2.24, 2.45) is 0 Å². The zero-order chi connectivity index (χ0) is 18.4. The zero-order valence-electron chi connectivity index (χ0n) is 13.5. The van der Waals surface area contributed by atoms with Crippen LogP contribution in [0.25, 0.3) is 0 Å². The predicted octanol–water partition coefficient (Wildman–Crippen LogP) is 3.00. The number of alkyl halides is 3. The Hall–Kier alpha value is -1.94. The number of hydrogen-bond acceptors (Lipinski definition) is 5. The van der Waals surface area contributed by atoms with Crippen LogP contribution in [0.1, 0.15) is 43.0 Å². The summed E-state index contributed by atoms with van der Waals surface area (Å²) in [5.74, 6) is 0.719. The SMILES string of the molecule is CC(C)c1noc(C2CN(S(=O)(=O)c3cccc(C(F)(F)F)c3)C2)n1. The fourth-order valence-electron chi connectivity index (χ4n) is 2.42. The highest BCUT2D eigenvalue weighted by Crippen LogP contribution is 2.34. The van der Waals surface area contributed by atoms with E-state index in [0.717, 1.165) is 22.5 Å². The highest BCUT2D eigenvalue weighted by atomic mass is 32.2. The summed E-state index contributed by atoms with van der Waals surface area (Å²) in [6.45, 7) is 4.00. The van der Waals surface area contributed by atoms with Gasteiger partial charge in [-0.15, -0.1) is 0 Å². The minimum absolute atomic E-state index is 0.0857. The summed E-state index contributed by atoms with van der Waals surface area (Å²) in [5, 5.41) is 3.82. The van der Waals surface area contributed by atoms with Gasteiger partial charge in [-0.1, -0.05) is 25.1 Å². The first-order chi connectivity index (χ1) is 11.6. The van der Waals surface area contributed by atoms with Gasteiger partial charge in [-0.3, -0.25) is 0 Å². The lowest BCUT2D eigenvalue weighted by Crippen LogP contribution is -2.48. The van der Waals surface area contributed by atoms with Crippen LogP contribution in [0.4, 0.5) is 13.2 Å². The third kappa shape index (κ3) is 3.40. The fraction of sp³-hybridized carbons (Fsp3) is 0.467. The second-order valence-electron chi connectivity index (χ2n) is 6.19. The fourth-order valence-corrected chi connectivity index (χ4v) is 4.00. The Morgan fingerprint density at radius 1 is 1.28 bits per heavy atom. The average molecular weight is 375 g/mol. The molecule has 0 radical (unpaired) electrons. The van der Waals surface area contributed by atoms with E-state index in [4.69, 9.17) is 4.52 Å². The zero-order valence-corrected chi connectivity index (χ0v) is 14.3. The summed E-state index contributed by atoms with van der Waals surface area (Å²) >= 11 is 0. The lowest BCUT2D eigenvalue weighted by atomic mass is 10.0. The van der Waals surface area contributed by atoms with E-state index in [1.807, 2.05) is 13.8 Å². The molecule has 2 heterocycles. The third-order valence-electron chi connectivity index (χ3n) is 3.97. The molecule has 1 aliphatic heterocycles. The van der Waals surface area contributed by atoms with Gasteiger partial charge in [-0.25, -0.2) is 8.42 Å². The monoisotopic (exact) mass is 375 g/mol. The molecule has 0 spiro atoms. The van der Waals surface area contributed by atoms with E-state index in [0.29, 0.717) is 17.8 Å². The maximum atomic E-state index is 12.8. The van der Waals surface area contributed by atoms with E-state index in [-0.39, 0.29) is 29.8 Å². The number of sulfonamides is 1. The van der Waals surface area contributed by atoms with Gasteiger partial charge in [0, 0.05) is 19.0 Å². The van der Waals surface area contributed by atoms with Crippen molar-refractivity contribution < 1.29 is 26.1 Å². The quantitative estimate of drug-likeness (QED) is 0.821. The van der Waals surface area contributed by atoms with E-state index in [9.17, 15) is 21.6 Å². The van der Waals surface area contributed by atoms with Crippen LogP contribution in [-0.4, -0.2) is 36.0 Å². The lowest BCUT2D eigenvalue weighted by molar-refractivity contribution is -0.137. The Labute approximate surface area is 142 Å². The average Bonchev–Trinajstić information content (AvgIpc) is 2.94. The molecule has 0 amide bonds. The first-order valence-electron chi connectivity index (χ1n) is 7.60. The Bertz CT molecular complexity index is 871. The standard InChI is InChI=1S/C15H16F3N3O3S/c1-9(2)13-19-14(24-20-13)10-7-21(8-10)25(22,23)12-5-3-4-11(6-12)15(16,17)18/h3-6,9-10H,7-8H2,1-2H3. The molecule has 0 unspecified atom stereocenters. The van der Waals surface area contributed by atoms with E-state index < -0.39 is 21.8 Å². The van der Waals surface area contributed by atoms with E-state index in [1.54, 1.807) is 0 Å². The second-order valence-corrected chi connectivity index (χ2v) is 8.13. The smallest absolute Gasteiger partial charge is 0.339 e. The second kappa shape index (κ2) is 6.10. The van der Waals surface area contributed by atoms with Crippen LogP contribution in [0, 0.1) is 0 Å². The number of rotatable bonds is 4. The summed E-state index contributed by atoms with van der Waals surface area (Å²) in [7, 11) is -3.99. The number of nitrogens with zero attached hydrogens (tertiary/aromatic N) is 3. The summed E-state index contributed by atoms with van der Waals surface area (Å²) in [5.41, 5.74) is -0.996. The number of halogens is 3. The molecule has 0 aliphatic carbocycles. The molecule has 136 valence electrons. The van der Waals surface area contributed by atoms with Crippen LogP contribution in [0.5, 0.6) is 0 Å². The minimum Gasteiger partial charge on any atom is -0.339 e. The minimum atomic E-state index is -4.60. The van der Waals surface area contributed by atoms with Crippen molar-refractivity contribution in [1.82, 2.24) is 14.4 Å². The molecule has 6 nitrogen and oxygen atoms in total. The number of benzene rings is 1. The first kappa shape index (κ1) is 17.9. The molecule has 0 atom stereocenters. The molecular formula is C15H16F3N3O3S.